The van der Waals surface area contributed by atoms with Crippen LogP contribution in [0.1, 0.15) is 25.7 Å². The molecule has 0 aromatic heterocycles. The highest BCUT2D eigenvalue weighted by molar-refractivity contribution is 5.87. The molecule has 1 heterocycles. The van der Waals surface area contributed by atoms with E-state index in [0.29, 0.717) is 25.6 Å². The van der Waals surface area contributed by atoms with Gasteiger partial charge in [0.25, 0.3) is 0 Å². The van der Waals surface area contributed by atoms with Crippen molar-refractivity contribution in [3.63, 3.8) is 0 Å². The van der Waals surface area contributed by atoms with E-state index in [2.05, 4.69) is 5.32 Å². The van der Waals surface area contributed by atoms with Crippen molar-refractivity contribution in [1.82, 2.24) is 10.2 Å². The maximum absolute atomic E-state index is 12.4. The molecular weight excluding hydrogens is 218 g/mol. The average Bonchev–Trinajstić information content (AvgIpc) is 2.38. The van der Waals surface area contributed by atoms with Gasteiger partial charge in [0.05, 0.1) is 6.54 Å². The first-order valence-electron chi connectivity index (χ1n) is 6.48. The van der Waals surface area contributed by atoms with E-state index in [1.165, 1.54) is 6.42 Å². The van der Waals surface area contributed by atoms with Crippen LogP contribution in [0.2, 0.25) is 0 Å². The minimum absolute atomic E-state index is 0.0413. The summed E-state index contributed by atoms with van der Waals surface area (Å²) in [5.74, 6) is 0.431. The van der Waals surface area contributed by atoms with Crippen molar-refractivity contribution in [2.45, 2.75) is 25.7 Å². The second-order valence-electron chi connectivity index (χ2n) is 5.00. The number of amides is 2. The standard InChI is InChI=1S/C12H21N3O2/c13-7-9-3-1-2-4-10(9)12(17)15-6-5-14-11(16)8-15/h9-10H,1-8,13H2,(H,14,16). The number of carbonyl (C=O) groups is 2. The van der Waals surface area contributed by atoms with Gasteiger partial charge < -0.3 is 16.0 Å². The summed E-state index contributed by atoms with van der Waals surface area (Å²) in [7, 11) is 0. The zero-order chi connectivity index (χ0) is 12.3. The molecule has 2 atom stereocenters. The van der Waals surface area contributed by atoms with E-state index in [1.54, 1.807) is 4.90 Å². The van der Waals surface area contributed by atoms with Crippen LogP contribution in [0, 0.1) is 11.8 Å². The fourth-order valence-corrected chi connectivity index (χ4v) is 2.88. The van der Waals surface area contributed by atoms with Crippen LogP contribution in [0.5, 0.6) is 0 Å². The zero-order valence-electron chi connectivity index (χ0n) is 10.2. The maximum atomic E-state index is 12.4. The molecule has 96 valence electrons. The molecule has 2 rings (SSSR count). The number of rotatable bonds is 2. The van der Waals surface area contributed by atoms with E-state index in [4.69, 9.17) is 5.73 Å². The van der Waals surface area contributed by atoms with Crippen LogP contribution < -0.4 is 11.1 Å². The van der Waals surface area contributed by atoms with Crippen LogP contribution in [0.25, 0.3) is 0 Å². The number of carbonyl (C=O) groups excluding carboxylic acids is 2. The summed E-state index contributed by atoms with van der Waals surface area (Å²) in [4.78, 5) is 25.3. The van der Waals surface area contributed by atoms with E-state index in [1.807, 2.05) is 0 Å². The minimum Gasteiger partial charge on any atom is -0.353 e. The summed E-state index contributed by atoms with van der Waals surface area (Å²) in [6.07, 6.45) is 4.25. The molecule has 0 spiro atoms. The highest BCUT2D eigenvalue weighted by Crippen LogP contribution is 2.30. The quantitative estimate of drug-likeness (QED) is 0.695. The Kier molecular flexibility index (Phi) is 3.99. The highest BCUT2D eigenvalue weighted by Gasteiger charge is 2.34. The Hall–Kier alpha value is -1.10. The Balaban J connectivity index is 1.99. The van der Waals surface area contributed by atoms with Crippen molar-refractivity contribution >= 4 is 11.8 Å². The van der Waals surface area contributed by atoms with Crippen LogP contribution in [0.4, 0.5) is 0 Å². The van der Waals surface area contributed by atoms with Crippen LogP contribution in [0.3, 0.4) is 0 Å². The predicted octanol–water partition coefficient (Wildman–Crippen LogP) is -0.290. The number of nitrogens with two attached hydrogens (primary N) is 1. The number of hydrogen-bond donors (Lipinski definition) is 2. The van der Waals surface area contributed by atoms with Crippen LogP contribution in [0.15, 0.2) is 0 Å². The third kappa shape index (κ3) is 2.77. The molecule has 1 aliphatic carbocycles. The first kappa shape index (κ1) is 12.4. The fourth-order valence-electron chi connectivity index (χ4n) is 2.88. The van der Waals surface area contributed by atoms with E-state index in [-0.39, 0.29) is 24.3 Å². The summed E-state index contributed by atoms with van der Waals surface area (Å²) in [6.45, 7) is 2.01. The van der Waals surface area contributed by atoms with Gasteiger partial charge in [-0.1, -0.05) is 12.8 Å². The van der Waals surface area contributed by atoms with Crippen molar-refractivity contribution in [2.75, 3.05) is 26.2 Å². The summed E-state index contributed by atoms with van der Waals surface area (Å²) < 4.78 is 0. The summed E-state index contributed by atoms with van der Waals surface area (Å²) in [5.41, 5.74) is 5.74. The third-order valence-corrected chi connectivity index (χ3v) is 3.88. The maximum Gasteiger partial charge on any atom is 0.239 e. The molecule has 2 aliphatic rings. The van der Waals surface area contributed by atoms with Crippen molar-refractivity contribution < 1.29 is 9.59 Å². The van der Waals surface area contributed by atoms with Crippen LogP contribution >= 0.6 is 0 Å². The minimum atomic E-state index is -0.0512. The first-order chi connectivity index (χ1) is 8.22. The van der Waals surface area contributed by atoms with Gasteiger partial charge in [-0.15, -0.1) is 0 Å². The molecule has 0 aromatic rings. The van der Waals surface area contributed by atoms with Gasteiger partial charge in [-0.3, -0.25) is 9.59 Å². The Morgan fingerprint density at radius 1 is 1.41 bits per heavy atom. The van der Waals surface area contributed by atoms with Crippen molar-refractivity contribution in [3.05, 3.63) is 0 Å². The summed E-state index contributed by atoms with van der Waals surface area (Å²) in [6, 6.07) is 0. The SMILES string of the molecule is NCC1CCCCC1C(=O)N1CCNC(=O)C1. The van der Waals surface area contributed by atoms with Gasteiger partial charge in [-0.05, 0) is 25.3 Å². The average molecular weight is 239 g/mol. The Morgan fingerprint density at radius 2 is 2.18 bits per heavy atom. The smallest absolute Gasteiger partial charge is 0.239 e. The molecular formula is C12H21N3O2. The Labute approximate surface area is 102 Å². The number of nitrogens with one attached hydrogen (secondary N) is 1. The van der Waals surface area contributed by atoms with Gasteiger partial charge >= 0.3 is 0 Å². The highest BCUT2D eigenvalue weighted by atomic mass is 16.2. The molecule has 0 bridgehead atoms. The molecule has 2 fully saturated rings. The fraction of sp³-hybridized carbons (Fsp3) is 0.833. The molecule has 0 aromatic carbocycles. The molecule has 1 aliphatic heterocycles. The molecule has 5 heteroatoms. The molecule has 1 saturated carbocycles. The van der Waals surface area contributed by atoms with Gasteiger partial charge in [0.15, 0.2) is 0 Å². The van der Waals surface area contributed by atoms with Crippen molar-refractivity contribution in [3.8, 4) is 0 Å². The number of piperazine rings is 1. The van der Waals surface area contributed by atoms with Gasteiger partial charge in [-0.2, -0.15) is 0 Å². The van der Waals surface area contributed by atoms with Gasteiger partial charge in [0, 0.05) is 19.0 Å². The molecule has 2 unspecified atom stereocenters. The normalized spacial score (nSPS) is 29.9. The lowest BCUT2D eigenvalue weighted by Crippen LogP contribution is -2.53. The van der Waals surface area contributed by atoms with E-state index in [0.717, 1.165) is 19.3 Å². The summed E-state index contributed by atoms with van der Waals surface area (Å²) in [5, 5.41) is 2.74. The molecule has 1 saturated heterocycles. The van der Waals surface area contributed by atoms with Gasteiger partial charge in [0.2, 0.25) is 11.8 Å². The second-order valence-corrected chi connectivity index (χ2v) is 5.00. The van der Waals surface area contributed by atoms with Crippen LogP contribution in [-0.4, -0.2) is 42.9 Å². The van der Waals surface area contributed by atoms with Crippen molar-refractivity contribution in [2.24, 2.45) is 17.6 Å². The largest absolute Gasteiger partial charge is 0.353 e. The predicted molar refractivity (Wildman–Crippen MR) is 64.1 cm³/mol. The Bertz CT molecular complexity index is 306. The molecule has 2 amide bonds. The van der Waals surface area contributed by atoms with E-state index in [9.17, 15) is 9.59 Å². The Morgan fingerprint density at radius 3 is 2.88 bits per heavy atom. The van der Waals surface area contributed by atoms with Gasteiger partial charge in [-0.25, -0.2) is 0 Å². The molecule has 17 heavy (non-hydrogen) atoms. The molecule has 0 radical (unpaired) electrons. The molecule has 5 nitrogen and oxygen atoms in total. The van der Waals surface area contributed by atoms with Crippen molar-refractivity contribution in [1.29, 1.82) is 0 Å². The number of hydrogen-bond acceptors (Lipinski definition) is 3. The van der Waals surface area contributed by atoms with Crippen LogP contribution in [-0.2, 0) is 9.59 Å². The van der Waals surface area contributed by atoms with Gasteiger partial charge in [0.1, 0.15) is 0 Å². The second kappa shape index (κ2) is 5.49. The zero-order valence-corrected chi connectivity index (χ0v) is 10.2. The topological polar surface area (TPSA) is 75.4 Å². The third-order valence-electron chi connectivity index (χ3n) is 3.88. The van der Waals surface area contributed by atoms with E-state index >= 15 is 0 Å². The summed E-state index contributed by atoms with van der Waals surface area (Å²) >= 11 is 0. The monoisotopic (exact) mass is 239 g/mol. The van der Waals surface area contributed by atoms with E-state index < -0.39 is 0 Å². The first-order valence-corrected chi connectivity index (χ1v) is 6.48. The molecule has 3 N–H and O–H groups in total. The lowest BCUT2D eigenvalue weighted by atomic mass is 9.78. The lowest BCUT2D eigenvalue weighted by Gasteiger charge is -2.35. The number of nitrogens with zero attached hydrogens (tertiary/aromatic N) is 1. The lowest BCUT2D eigenvalue weighted by molar-refractivity contribution is -0.143.